The van der Waals surface area contributed by atoms with Crippen LogP contribution in [0.1, 0.15) is 5.69 Å². The van der Waals surface area contributed by atoms with Crippen molar-refractivity contribution in [1.29, 1.82) is 0 Å². The van der Waals surface area contributed by atoms with Crippen LogP contribution in [-0.4, -0.2) is 16.8 Å². The lowest BCUT2D eigenvalue weighted by Gasteiger charge is -2.03. The van der Waals surface area contributed by atoms with Gasteiger partial charge in [0.15, 0.2) is 5.82 Å². The van der Waals surface area contributed by atoms with Crippen molar-refractivity contribution in [3.63, 3.8) is 0 Å². The van der Waals surface area contributed by atoms with Crippen molar-refractivity contribution in [2.75, 3.05) is 18.1 Å². The first kappa shape index (κ1) is 9.58. The maximum atomic E-state index is 5.98. The molecule has 2 aromatic rings. The van der Waals surface area contributed by atoms with Gasteiger partial charge in [0, 0.05) is 7.05 Å². The summed E-state index contributed by atoms with van der Waals surface area (Å²) in [6, 6.07) is 9.84. The summed E-state index contributed by atoms with van der Waals surface area (Å²) in [5, 5.41) is 7.43. The van der Waals surface area contributed by atoms with Crippen LogP contribution in [0.25, 0.3) is 5.69 Å². The second kappa shape index (κ2) is 3.65. The standard InChI is InChI=1S/C11H14N4/c1-8-10(13-2)11(12)15(14-8)9-6-4-3-5-7-9/h3-7,13H,12H2,1-2H3. The summed E-state index contributed by atoms with van der Waals surface area (Å²) in [6.45, 7) is 1.93. The van der Waals surface area contributed by atoms with E-state index in [9.17, 15) is 0 Å². The number of anilines is 2. The number of nitrogen functional groups attached to an aromatic ring is 1. The summed E-state index contributed by atoms with van der Waals surface area (Å²) in [7, 11) is 1.84. The molecule has 0 saturated heterocycles. The average Bonchev–Trinajstić information content (AvgIpc) is 2.55. The smallest absolute Gasteiger partial charge is 0.150 e. The van der Waals surface area contributed by atoms with Gasteiger partial charge in [-0.3, -0.25) is 0 Å². The van der Waals surface area contributed by atoms with Crippen LogP contribution in [0, 0.1) is 6.92 Å². The Kier molecular flexibility index (Phi) is 2.33. The fourth-order valence-electron chi connectivity index (χ4n) is 1.62. The average molecular weight is 202 g/mol. The van der Waals surface area contributed by atoms with E-state index in [4.69, 9.17) is 5.73 Å². The van der Waals surface area contributed by atoms with Crippen LogP contribution < -0.4 is 11.1 Å². The van der Waals surface area contributed by atoms with Gasteiger partial charge in [0.25, 0.3) is 0 Å². The van der Waals surface area contributed by atoms with Gasteiger partial charge in [-0.05, 0) is 19.1 Å². The van der Waals surface area contributed by atoms with Crippen molar-refractivity contribution >= 4 is 11.5 Å². The van der Waals surface area contributed by atoms with Crippen molar-refractivity contribution < 1.29 is 0 Å². The van der Waals surface area contributed by atoms with Gasteiger partial charge in [0.05, 0.1) is 11.4 Å². The summed E-state index contributed by atoms with van der Waals surface area (Å²) < 4.78 is 1.74. The van der Waals surface area contributed by atoms with Gasteiger partial charge in [0.2, 0.25) is 0 Å². The van der Waals surface area contributed by atoms with Crippen LogP contribution in [0.3, 0.4) is 0 Å². The third kappa shape index (κ3) is 1.54. The van der Waals surface area contributed by atoms with Gasteiger partial charge < -0.3 is 11.1 Å². The minimum atomic E-state index is 0.640. The number of para-hydroxylation sites is 1. The maximum absolute atomic E-state index is 5.98. The number of rotatable bonds is 2. The number of nitrogens with two attached hydrogens (primary N) is 1. The van der Waals surface area contributed by atoms with E-state index in [2.05, 4.69) is 10.4 Å². The number of hydrogen-bond donors (Lipinski definition) is 2. The van der Waals surface area contributed by atoms with Gasteiger partial charge in [-0.15, -0.1) is 0 Å². The first-order valence-electron chi connectivity index (χ1n) is 4.82. The van der Waals surface area contributed by atoms with Crippen molar-refractivity contribution in [3.05, 3.63) is 36.0 Å². The Morgan fingerprint density at radius 2 is 1.93 bits per heavy atom. The fraction of sp³-hybridized carbons (Fsp3) is 0.182. The van der Waals surface area contributed by atoms with Crippen LogP contribution in [0.2, 0.25) is 0 Å². The SMILES string of the molecule is CNc1c(C)nn(-c2ccccc2)c1N. The molecular weight excluding hydrogens is 188 g/mol. The molecule has 1 aromatic heterocycles. The molecule has 4 heteroatoms. The molecule has 2 rings (SSSR count). The van der Waals surface area contributed by atoms with E-state index >= 15 is 0 Å². The van der Waals surface area contributed by atoms with Gasteiger partial charge in [-0.25, -0.2) is 4.68 Å². The number of nitrogens with zero attached hydrogens (tertiary/aromatic N) is 2. The van der Waals surface area contributed by atoms with E-state index in [1.54, 1.807) is 4.68 Å². The second-order valence-electron chi connectivity index (χ2n) is 3.34. The van der Waals surface area contributed by atoms with E-state index in [1.165, 1.54) is 0 Å². The predicted octanol–water partition coefficient (Wildman–Crippen LogP) is 1.80. The number of aromatic nitrogens is 2. The van der Waals surface area contributed by atoms with Gasteiger partial charge >= 0.3 is 0 Å². The van der Waals surface area contributed by atoms with Crippen LogP contribution >= 0.6 is 0 Å². The highest BCUT2D eigenvalue weighted by Crippen LogP contribution is 2.24. The van der Waals surface area contributed by atoms with Crippen molar-refractivity contribution in [2.45, 2.75) is 6.92 Å². The minimum absolute atomic E-state index is 0.640. The van der Waals surface area contributed by atoms with Gasteiger partial charge in [-0.1, -0.05) is 18.2 Å². The Balaban J connectivity index is 2.55. The molecule has 0 saturated carbocycles. The molecule has 15 heavy (non-hydrogen) atoms. The zero-order valence-corrected chi connectivity index (χ0v) is 8.86. The molecule has 0 atom stereocenters. The lowest BCUT2D eigenvalue weighted by atomic mass is 10.3. The zero-order chi connectivity index (χ0) is 10.8. The molecule has 0 aliphatic heterocycles. The molecule has 1 heterocycles. The first-order chi connectivity index (χ1) is 7.24. The Morgan fingerprint density at radius 1 is 1.27 bits per heavy atom. The summed E-state index contributed by atoms with van der Waals surface area (Å²) in [5.74, 6) is 0.640. The Bertz CT molecular complexity index is 459. The lowest BCUT2D eigenvalue weighted by molar-refractivity contribution is 0.872. The van der Waals surface area contributed by atoms with Gasteiger partial charge in [-0.2, -0.15) is 5.10 Å². The zero-order valence-electron chi connectivity index (χ0n) is 8.86. The Morgan fingerprint density at radius 3 is 2.47 bits per heavy atom. The van der Waals surface area contributed by atoms with E-state index in [0.29, 0.717) is 5.82 Å². The molecule has 0 fully saturated rings. The number of benzene rings is 1. The molecule has 0 spiro atoms. The van der Waals surface area contributed by atoms with E-state index in [-0.39, 0.29) is 0 Å². The summed E-state index contributed by atoms with van der Waals surface area (Å²) >= 11 is 0. The summed E-state index contributed by atoms with van der Waals surface area (Å²) in [5.41, 5.74) is 8.75. The van der Waals surface area contributed by atoms with E-state index < -0.39 is 0 Å². The normalized spacial score (nSPS) is 10.3. The highest BCUT2D eigenvalue weighted by Gasteiger charge is 2.11. The number of aryl methyl sites for hydroxylation is 1. The second-order valence-corrected chi connectivity index (χ2v) is 3.34. The van der Waals surface area contributed by atoms with Crippen molar-refractivity contribution in [1.82, 2.24) is 9.78 Å². The highest BCUT2D eigenvalue weighted by atomic mass is 15.3. The van der Waals surface area contributed by atoms with Crippen LogP contribution in [-0.2, 0) is 0 Å². The number of nitrogens with one attached hydrogen (secondary N) is 1. The monoisotopic (exact) mass is 202 g/mol. The number of hydrogen-bond acceptors (Lipinski definition) is 3. The molecule has 0 bridgehead atoms. The van der Waals surface area contributed by atoms with E-state index in [1.807, 2.05) is 44.3 Å². The molecule has 1 aromatic carbocycles. The molecule has 0 radical (unpaired) electrons. The fourth-order valence-corrected chi connectivity index (χ4v) is 1.62. The summed E-state index contributed by atoms with van der Waals surface area (Å²) in [6.07, 6.45) is 0. The summed E-state index contributed by atoms with van der Waals surface area (Å²) in [4.78, 5) is 0. The molecule has 0 unspecified atom stereocenters. The first-order valence-corrected chi connectivity index (χ1v) is 4.82. The van der Waals surface area contributed by atoms with E-state index in [0.717, 1.165) is 17.1 Å². The molecule has 4 nitrogen and oxygen atoms in total. The molecular formula is C11H14N4. The highest BCUT2D eigenvalue weighted by molar-refractivity contribution is 5.67. The molecule has 78 valence electrons. The Hall–Kier alpha value is -1.97. The molecule has 3 N–H and O–H groups in total. The molecule has 0 amide bonds. The van der Waals surface area contributed by atoms with Crippen LogP contribution in [0.5, 0.6) is 0 Å². The Labute approximate surface area is 88.7 Å². The molecule has 0 aliphatic rings. The van der Waals surface area contributed by atoms with Crippen LogP contribution in [0.15, 0.2) is 30.3 Å². The predicted molar refractivity (Wildman–Crippen MR) is 62.3 cm³/mol. The van der Waals surface area contributed by atoms with Crippen molar-refractivity contribution in [2.24, 2.45) is 0 Å². The van der Waals surface area contributed by atoms with Crippen molar-refractivity contribution in [3.8, 4) is 5.69 Å². The largest absolute Gasteiger partial charge is 0.384 e. The van der Waals surface area contributed by atoms with Crippen LogP contribution in [0.4, 0.5) is 11.5 Å². The lowest BCUT2D eigenvalue weighted by Crippen LogP contribution is -2.02. The topological polar surface area (TPSA) is 55.9 Å². The maximum Gasteiger partial charge on any atom is 0.150 e. The quantitative estimate of drug-likeness (QED) is 0.780. The minimum Gasteiger partial charge on any atom is -0.384 e. The van der Waals surface area contributed by atoms with Gasteiger partial charge in [0.1, 0.15) is 5.69 Å². The third-order valence-corrected chi connectivity index (χ3v) is 2.35. The molecule has 0 aliphatic carbocycles. The third-order valence-electron chi connectivity index (χ3n) is 2.35.